The number of hydrogen-bond donors (Lipinski definition) is 1. The van der Waals surface area contributed by atoms with E-state index >= 15 is 0 Å². The van der Waals surface area contributed by atoms with Crippen LogP contribution in [0.25, 0.3) is 0 Å². The first-order chi connectivity index (χ1) is 12.5. The number of carbonyl (C=O) groups excluding carboxylic acids is 2. The van der Waals surface area contributed by atoms with E-state index in [4.69, 9.17) is 0 Å². The molecule has 1 aliphatic carbocycles. The third kappa shape index (κ3) is 5.51. The van der Waals surface area contributed by atoms with Crippen LogP contribution >= 0.6 is 0 Å². The van der Waals surface area contributed by atoms with Crippen molar-refractivity contribution < 1.29 is 14.7 Å². The van der Waals surface area contributed by atoms with Gasteiger partial charge in [-0.15, -0.1) is 0 Å². The second-order valence-electron chi connectivity index (χ2n) is 8.05. The van der Waals surface area contributed by atoms with Crippen molar-refractivity contribution in [3.05, 3.63) is 35.9 Å². The molecule has 1 aromatic carbocycles. The number of Topliss-reactive ketones (excluding diaryl/α,β-unsaturated/α-hetero) is 2. The minimum atomic E-state index is -1.10. The Labute approximate surface area is 158 Å². The zero-order chi connectivity index (χ0) is 19.0. The lowest BCUT2D eigenvalue weighted by atomic mass is 9.65. The van der Waals surface area contributed by atoms with Crippen molar-refractivity contribution in [2.24, 2.45) is 11.8 Å². The topological polar surface area (TPSA) is 54.4 Å². The van der Waals surface area contributed by atoms with E-state index in [0.29, 0.717) is 24.8 Å². The lowest BCUT2D eigenvalue weighted by Gasteiger charge is -2.41. The molecule has 2 rings (SSSR count). The van der Waals surface area contributed by atoms with E-state index in [-0.39, 0.29) is 17.5 Å². The van der Waals surface area contributed by atoms with E-state index in [9.17, 15) is 14.7 Å². The van der Waals surface area contributed by atoms with Gasteiger partial charge in [-0.3, -0.25) is 9.59 Å². The first-order valence-corrected chi connectivity index (χ1v) is 10.3. The minimum Gasteiger partial charge on any atom is -0.389 e. The quantitative estimate of drug-likeness (QED) is 0.453. The maximum Gasteiger partial charge on any atom is 0.169 e. The van der Waals surface area contributed by atoms with Crippen molar-refractivity contribution in [1.82, 2.24) is 0 Å². The van der Waals surface area contributed by atoms with Gasteiger partial charge in [-0.2, -0.15) is 0 Å². The fraction of sp³-hybridized carbons (Fsp3) is 0.652. The van der Waals surface area contributed by atoms with Crippen molar-refractivity contribution >= 4 is 11.6 Å². The Hall–Kier alpha value is -1.48. The molecule has 0 unspecified atom stereocenters. The molecule has 144 valence electrons. The summed E-state index contributed by atoms with van der Waals surface area (Å²) >= 11 is 0. The predicted molar refractivity (Wildman–Crippen MR) is 105 cm³/mol. The van der Waals surface area contributed by atoms with E-state index in [1.165, 1.54) is 25.7 Å². The predicted octanol–water partition coefficient (Wildman–Crippen LogP) is 5.36. The van der Waals surface area contributed by atoms with Gasteiger partial charge in [-0.25, -0.2) is 0 Å². The van der Waals surface area contributed by atoms with E-state index in [1.54, 1.807) is 19.1 Å². The molecule has 0 radical (unpaired) electrons. The van der Waals surface area contributed by atoms with Crippen LogP contribution in [0.1, 0.15) is 88.4 Å². The molecular weight excluding hydrogens is 324 g/mol. The standard InChI is InChI=1S/C23H34O3/c1-3-4-5-6-7-11-16-20(24)19-15-12-17-23(2,26)21(19)22(25)18-13-9-8-10-14-18/h8-10,13-14,19,21,26H,3-7,11-12,15-17H2,1-2H3/t19-,21+,23-/m1/s1. The summed E-state index contributed by atoms with van der Waals surface area (Å²) in [6.45, 7) is 3.92. The molecule has 0 bridgehead atoms. The van der Waals surface area contributed by atoms with E-state index in [0.717, 1.165) is 19.3 Å². The Kier molecular flexibility index (Phi) is 8.02. The maximum absolute atomic E-state index is 13.1. The summed E-state index contributed by atoms with van der Waals surface area (Å²) in [5.74, 6) is -0.889. The molecule has 26 heavy (non-hydrogen) atoms. The maximum atomic E-state index is 13.1. The molecule has 1 aliphatic rings. The van der Waals surface area contributed by atoms with Gasteiger partial charge in [0.15, 0.2) is 5.78 Å². The number of ketones is 2. The van der Waals surface area contributed by atoms with Crippen LogP contribution in [0.4, 0.5) is 0 Å². The van der Waals surface area contributed by atoms with E-state index in [2.05, 4.69) is 6.92 Å². The van der Waals surface area contributed by atoms with Gasteiger partial charge in [0, 0.05) is 17.9 Å². The summed E-state index contributed by atoms with van der Waals surface area (Å²) in [7, 11) is 0. The van der Waals surface area contributed by atoms with Gasteiger partial charge in [0.1, 0.15) is 5.78 Å². The largest absolute Gasteiger partial charge is 0.389 e. The molecule has 0 aliphatic heterocycles. The van der Waals surface area contributed by atoms with Crippen molar-refractivity contribution in [3.8, 4) is 0 Å². The first kappa shape index (κ1) is 20.8. The summed E-state index contributed by atoms with van der Waals surface area (Å²) in [6, 6.07) is 9.09. The smallest absolute Gasteiger partial charge is 0.169 e. The molecule has 1 fully saturated rings. The zero-order valence-corrected chi connectivity index (χ0v) is 16.4. The highest BCUT2D eigenvalue weighted by molar-refractivity contribution is 6.01. The molecule has 0 saturated heterocycles. The molecule has 1 N–H and O–H groups in total. The van der Waals surface area contributed by atoms with Crippen LogP contribution in [0.3, 0.4) is 0 Å². The third-order valence-corrected chi connectivity index (χ3v) is 5.80. The monoisotopic (exact) mass is 358 g/mol. The highest BCUT2D eigenvalue weighted by Gasteiger charge is 2.47. The second kappa shape index (κ2) is 10.0. The van der Waals surface area contributed by atoms with E-state index in [1.807, 2.05) is 18.2 Å². The molecule has 3 atom stereocenters. The molecule has 1 saturated carbocycles. The van der Waals surface area contributed by atoms with Gasteiger partial charge in [0.05, 0.1) is 11.5 Å². The Morgan fingerprint density at radius 2 is 1.73 bits per heavy atom. The zero-order valence-electron chi connectivity index (χ0n) is 16.4. The average Bonchev–Trinajstić information content (AvgIpc) is 2.63. The van der Waals surface area contributed by atoms with Crippen molar-refractivity contribution in [2.75, 3.05) is 0 Å². The molecule has 3 nitrogen and oxygen atoms in total. The Balaban J connectivity index is 2.02. The minimum absolute atomic E-state index is 0.0865. The van der Waals surface area contributed by atoms with Gasteiger partial charge >= 0.3 is 0 Å². The van der Waals surface area contributed by atoms with Gasteiger partial charge < -0.3 is 5.11 Å². The number of hydrogen-bond acceptors (Lipinski definition) is 3. The van der Waals surface area contributed by atoms with Crippen LogP contribution in [0.2, 0.25) is 0 Å². The number of carbonyl (C=O) groups is 2. The van der Waals surface area contributed by atoms with Gasteiger partial charge in [-0.1, -0.05) is 69.4 Å². The van der Waals surface area contributed by atoms with E-state index < -0.39 is 11.5 Å². The molecule has 0 spiro atoms. The molecular formula is C23H34O3. The Morgan fingerprint density at radius 3 is 2.42 bits per heavy atom. The highest BCUT2D eigenvalue weighted by Crippen LogP contribution is 2.41. The normalized spacial score (nSPS) is 25.8. The summed E-state index contributed by atoms with van der Waals surface area (Å²) in [4.78, 5) is 25.9. The van der Waals surface area contributed by atoms with Crippen LogP contribution in [-0.2, 0) is 4.79 Å². The number of aliphatic hydroxyl groups is 1. The molecule has 1 aromatic rings. The Bertz CT molecular complexity index is 576. The van der Waals surface area contributed by atoms with Gasteiger partial charge in [0.2, 0.25) is 0 Å². The first-order valence-electron chi connectivity index (χ1n) is 10.3. The van der Waals surface area contributed by atoms with Gasteiger partial charge in [0.25, 0.3) is 0 Å². The van der Waals surface area contributed by atoms with Crippen LogP contribution in [0.15, 0.2) is 30.3 Å². The van der Waals surface area contributed by atoms with Crippen molar-refractivity contribution in [1.29, 1.82) is 0 Å². The molecule has 0 amide bonds. The second-order valence-corrected chi connectivity index (χ2v) is 8.05. The summed E-state index contributed by atoms with van der Waals surface area (Å²) in [6.07, 6.45) is 9.49. The van der Waals surface area contributed by atoms with Crippen molar-refractivity contribution in [2.45, 2.75) is 83.7 Å². The SMILES string of the molecule is CCCCCCCCC(=O)[C@H]1CCC[C@@](C)(O)[C@@H]1C(=O)c1ccccc1. The lowest BCUT2D eigenvalue weighted by molar-refractivity contribution is -0.131. The van der Waals surface area contributed by atoms with Crippen LogP contribution in [-0.4, -0.2) is 22.3 Å². The number of benzene rings is 1. The average molecular weight is 359 g/mol. The van der Waals surface area contributed by atoms with Gasteiger partial charge in [-0.05, 0) is 32.6 Å². The molecule has 3 heteroatoms. The molecule has 0 aromatic heterocycles. The fourth-order valence-electron chi connectivity index (χ4n) is 4.29. The number of unbranched alkanes of at least 4 members (excludes halogenated alkanes) is 5. The summed E-state index contributed by atoms with van der Waals surface area (Å²) in [5.41, 5.74) is -0.510. The fourth-order valence-corrected chi connectivity index (χ4v) is 4.29. The number of rotatable bonds is 10. The molecule has 0 heterocycles. The lowest BCUT2D eigenvalue weighted by Crippen LogP contribution is -2.49. The highest BCUT2D eigenvalue weighted by atomic mass is 16.3. The third-order valence-electron chi connectivity index (χ3n) is 5.80. The Morgan fingerprint density at radius 1 is 1.08 bits per heavy atom. The van der Waals surface area contributed by atoms with Crippen LogP contribution in [0.5, 0.6) is 0 Å². The van der Waals surface area contributed by atoms with Crippen LogP contribution in [0, 0.1) is 11.8 Å². The summed E-state index contributed by atoms with van der Waals surface area (Å²) < 4.78 is 0. The summed E-state index contributed by atoms with van der Waals surface area (Å²) in [5, 5.41) is 10.9. The van der Waals surface area contributed by atoms with Crippen LogP contribution < -0.4 is 0 Å². The van der Waals surface area contributed by atoms with Crippen molar-refractivity contribution in [3.63, 3.8) is 0 Å².